The molecule has 2 N–H and O–H groups in total. The van der Waals surface area contributed by atoms with Gasteiger partial charge in [-0.05, 0) is 32.2 Å². The van der Waals surface area contributed by atoms with Crippen molar-refractivity contribution in [1.82, 2.24) is 10.2 Å². The van der Waals surface area contributed by atoms with E-state index in [-0.39, 0.29) is 17.6 Å². The normalized spacial score (nSPS) is 31.2. The van der Waals surface area contributed by atoms with Crippen LogP contribution in [0, 0.1) is 5.92 Å². The van der Waals surface area contributed by atoms with Crippen LogP contribution in [0.2, 0.25) is 0 Å². The van der Waals surface area contributed by atoms with Crippen LogP contribution in [0.1, 0.15) is 51.9 Å². The van der Waals surface area contributed by atoms with Crippen LogP contribution in [0.5, 0.6) is 0 Å². The van der Waals surface area contributed by atoms with Gasteiger partial charge in [-0.3, -0.25) is 4.79 Å². The predicted molar refractivity (Wildman–Crippen MR) is 75.9 cm³/mol. The van der Waals surface area contributed by atoms with Gasteiger partial charge in [-0.15, -0.1) is 0 Å². The summed E-state index contributed by atoms with van der Waals surface area (Å²) in [5, 5.41) is 13.3. The second kappa shape index (κ2) is 6.23. The van der Waals surface area contributed by atoms with E-state index in [0.717, 1.165) is 25.8 Å². The Morgan fingerprint density at radius 1 is 1.37 bits per heavy atom. The Bertz CT molecular complexity index is 313. The van der Waals surface area contributed by atoms with E-state index in [9.17, 15) is 9.90 Å². The van der Waals surface area contributed by atoms with E-state index in [1.807, 2.05) is 11.9 Å². The maximum Gasteiger partial charge on any atom is 0.224 e. The molecular weight excluding hydrogens is 240 g/mol. The topological polar surface area (TPSA) is 52.6 Å². The van der Waals surface area contributed by atoms with Crippen LogP contribution in [0.4, 0.5) is 0 Å². The molecule has 1 heterocycles. The molecule has 1 aliphatic carbocycles. The molecule has 0 aromatic heterocycles. The van der Waals surface area contributed by atoms with Gasteiger partial charge >= 0.3 is 0 Å². The minimum absolute atomic E-state index is 0.00332. The largest absolute Gasteiger partial charge is 0.391 e. The molecule has 2 unspecified atom stereocenters. The van der Waals surface area contributed by atoms with Gasteiger partial charge in [-0.2, -0.15) is 0 Å². The van der Waals surface area contributed by atoms with Crippen molar-refractivity contribution in [2.75, 3.05) is 20.1 Å². The maximum absolute atomic E-state index is 12.5. The van der Waals surface area contributed by atoms with E-state index in [4.69, 9.17) is 0 Å². The highest BCUT2D eigenvalue weighted by molar-refractivity contribution is 5.77. The quantitative estimate of drug-likeness (QED) is 0.816. The number of nitrogens with zero attached hydrogens (tertiary/aromatic N) is 1. The van der Waals surface area contributed by atoms with Crippen molar-refractivity contribution < 1.29 is 9.90 Å². The highest BCUT2D eigenvalue weighted by Gasteiger charge is 2.35. The van der Waals surface area contributed by atoms with E-state index in [1.165, 1.54) is 19.3 Å². The molecule has 0 radical (unpaired) electrons. The number of aliphatic hydroxyl groups excluding tert-OH is 1. The Balaban J connectivity index is 1.92. The van der Waals surface area contributed by atoms with Crippen LogP contribution in [0.3, 0.4) is 0 Å². The van der Waals surface area contributed by atoms with Crippen molar-refractivity contribution in [2.45, 2.75) is 63.5 Å². The zero-order valence-corrected chi connectivity index (χ0v) is 12.3. The highest BCUT2D eigenvalue weighted by atomic mass is 16.3. The van der Waals surface area contributed by atoms with Gasteiger partial charge in [0.2, 0.25) is 5.91 Å². The maximum atomic E-state index is 12.5. The summed E-state index contributed by atoms with van der Waals surface area (Å²) in [6, 6.07) is 0. The van der Waals surface area contributed by atoms with Crippen molar-refractivity contribution in [1.29, 1.82) is 0 Å². The molecule has 2 rings (SSSR count). The van der Waals surface area contributed by atoms with Gasteiger partial charge in [0.05, 0.1) is 6.10 Å². The number of likely N-dealkylation sites (tertiary alicyclic amines) is 1. The molecule has 0 spiro atoms. The molecule has 4 heteroatoms. The van der Waals surface area contributed by atoms with Crippen molar-refractivity contribution >= 4 is 5.91 Å². The summed E-state index contributed by atoms with van der Waals surface area (Å²) in [7, 11) is 1.98. The second-order valence-electron chi connectivity index (χ2n) is 6.44. The predicted octanol–water partition coefficient (Wildman–Crippen LogP) is 1.53. The molecule has 1 saturated carbocycles. The summed E-state index contributed by atoms with van der Waals surface area (Å²) in [5.74, 6) is 0.527. The zero-order valence-electron chi connectivity index (χ0n) is 12.3. The van der Waals surface area contributed by atoms with Crippen LogP contribution in [0.15, 0.2) is 0 Å². The average molecular weight is 268 g/mol. The van der Waals surface area contributed by atoms with Crippen LogP contribution in [-0.4, -0.2) is 47.7 Å². The summed E-state index contributed by atoms with van der Waals surface area (Å²) in [5.41, 5.74) is 0.00332. The number of carbonyl (C=O) groups is 1. The standard InChI is InChI=1S/C15H28N2O2/c1-12-6-9-17(11-13(12)18)14(19)10-15(16-2)7-4-3-5-8-15/h12-13,16,18H,3-11H2,1-2H3. The molecule has 2 atom stereocenters. The first-order valence-electron chi connectivity index (χ1n) is 7.71. The van der Waals surface area contributed by atoms with E-state index in [2.05, 4.69) is 12.2 Å². The number of hydrogen-bond donors (Lipinski definition) is 2. The lowest BCUT2D eigenvalue weighted by molar-refractivity contribution is -0.137. The number of piperidine rings is 1. The van der Waals surface area contributed by atoms with E-state index in [1.54, 1.807) is 0 Å². The van der Waals surface area contributed by atoms with E-state index in [0.29, 0.717) is 18.9 Å². The molecule has 2 fully saturated rings. The van der Waals surface area contributed by atoms with Crippen LogP contribution < -0.4 is 5.32 Å². The number of carbonyl (C=O) groups excluding carboxylic acids is 1. The van der Waals surface area contributed by atoms with Gasteiger partial charge in [0.25, 0.3) is 0 Å². The van der Waals surface area contributed by atoms with Gasteiger partial charge in [-0.1, -0.05) is 26.2 Å². The molecule has 1 aliphatic heterocycles. The molecule has 0 aromatic carbocycles. The van der Waals surface area contributed by atoms with Crippen LogP contribution in [-0.2, 0) is 4.79 Å². The first kappa shape index (κ1) is 14.8. The molecule has 0 aromatic rings. The molecule has 2 aliphatic rings. The third-order valence-electron chi connectivity index (χ3n) is 5.10. The number of hydrogen-bond acceptors (Lipinski definition) is 3. The number of aliphatic hydroxyl groups is 1. The minimum atomic E-state index is -0.352. The Labute approximate surface area is 116 Å². The van der Waals surface area contributed by atoms with Gasteiger partial charge in [0.1, 0.15) is 0 Å². The highest BCUT2D eigenvalue weighted by Crippen LogP contribution is 2.31. The smallest absolute Gasteiger partial charge is 0.224 e. The minimum Gasteiger partial charge on any atom is -0.391 e. The fourth-order valence-corrected chi connectivity index (χ4v) is 3.42. The Morgan fingerprint density at radius 3 is 2.63 bits per heavy atom. The Morgan fingerprint density at radius 2 is 2.05 bits per heavy atom. The van der Waals surface area contributed by atoms with Crippen molar-refractivity contribution in [3.8, 4) is 0 Å². The molecule has 1 saturated heterocycles. The van der Waals surface area contributed by atoms with Crippen molar-refractivity contribution in [2.24, 2.45) is 5.92 Å². The summed E-state index contributed by atoms with van der Waals surface area (Å²) >= 11 is 0. The Kier molecular flexibility index (Phi) is 4.85. The lowest BCUT2D eigenvalue weighted by Crippen LogP contribution is -2.52. The molecule has 1 amide bonds. The van der Waals surface area contributed by atoms with Crippen molar-refractivity contribution in [3.05, 3.63) is 0 Å². The molecule has 19 heavy (non-hydrogen) atoms. The van der Waals surface area contributed by atoms with Crippen LogP contribution in [0.25, 0.3) is 0 Å². The molecular formula is C15H28N2O2. The lowest BCUT2D eigenvalue weighted by Gasteiger charge is -2.40. The fraction of sp³-hybridized carbons (Fsp3) is 0.933. The third-order valence-corrected chi connectivity index (χ3v) is 5.10. The summed E-state index contributed by atoms with van der Waals surface area (Å²) < 4.78 is 0. The first-order valence-corrected chi connectivity index (χ1v) is 7.71. The van der Waals surface area contributed by atoms with Crippen LogP contribution >= 0.6 is 0 Å². The molecule has 0 bridgehead atoms. The summed E-state index contributed by atoms with van der Waals surface area (Å²) in [6.45, 7) is 3.37. The van der Waals surface area contributed by atoms with Gasteiger partial charge in [0.15, 0.2) is 0 Å². The Hall–Kier alpha value is -0.610. The number of β-amino-alcohol motifs (C(OH)–C–C–N with tert-alkyl or cyclic N) is 1. The number of rotatable bonds is 3. The number of amides is 1. The summed E-state index contributed by atoms with van der Waals surface area (Å²) in [4.78, 5) is 14.3. The monoisotopic (exact) mass is 268 g/mol. The zero-order chi connectivity index (χ0) is 13.9. The fourth-order valence-electron chi connectivity index (χ4n) is 3.42. The van der Waals surface area contributed by atoms with Gasteiger partial charge in [-0.25, -0.2) is 0 Å². The number of nitrogens with one attached hydrogen (secondary N) is 1. The molecule has 110 valence electrons. The second-order valence-corrected chi connectivity index (χ2v) is 6.44. The summed E-state index contributed by atoms with van der Waals surface area (Å²) in [6.07, 6.45) is 7.07. The average Bonchev–Trinajstić information content (AvgIpc) is 2.43. The molecule has 4 nitrogen and oxygen atoms in total. The van der Waals surface area contributed by atoms with E-state index < -0.39 is 0 Å². The van der Waals surface area contributed by atoms with Gasteiger partial charge < -0.3 is 15.3 Å². The first-order chi connectivity index (χ1) is 9.06. The van der Waals surface area contributed by atoms with Crippen molar-refractivity contribution in [3.63, 3.8) is 0 Å². The third kappa shape index (κ3) is 3.48. The SMILES string of the molecule is CNC1(CC(=O)N2CCC(C)C(O)C2)CCCCC1. The van der Waals surface area contributed by atoms with E-state index >= 15 is 0 Å². The lowest BCUT2D eigenvalue weighted by atomic mass is 9.79. The van der Waals surface area contributed by atoms with Gasteiger partial charge in [0, 0.05) is 25.0 Å².